The fourth-order valence-corrected chi connectivity index (χ4v) is 1.77. The van der Waals surface area contributed by atoms with Crippen molar-refractivity contribution in [2.45, 2.75) is 13.0 Å². The van der Waals surface area contributed by atoms with E-state index in [2.05, 4.69) is 5.16 Å². The van der Waals surface area contributed by atoms with Crippen molar-refractivity contribution < 1.29 is 9.32 Å². The highest BCUT2D eigenvalue weighted by Gasteiger charge is 2.22. The van der Waals surface area contributed by atoms with Crippen LogP contribution < -0.4 is 0 Å². The van der Waals surface area contributed by atoms with Crippen LogP contribution in [0.3, 0.4) is 0 Å². The minimum atomic E-state index is -0.224. The van der Waals surface area contributed by atoms with Gasteiger partial charge in [0.15, 0.2) is 0 Å². The molecule has 2 rings (SSSR count). The molecule has 2 aromatic rings. The van der Waals surface area contributed by atoms with E-state index in [4.69, 9.17) is 9.78 Å². The quantitative estimate of drug-likeness (QED) is 0.844. The minimum absolute atomic E-state index is 0.215. The maximum absolute atomic E-state index is 12.4. The van der Waals surface area contributed by atoms with Gasteiger partial charge in [-0.15, -0.1) is 0 Å². The van der Waals surface area contributed by atoms with Crippen molar-refractivity contribution in [1.29, 1.82) is 5.26 Å². The summed E-state index contributed by atoms with van der Waals surface area (Å²) < 4.78 is 4.78. The second kappa shape index (κ2) is 5.36. The first-order chi connectivity index (χ1) is 9.15. The maximum atomic E-state index is 12.4. The molecule has 5 heteroatoms. The molecule has 0 spiro atoms. The van der Waals surface area contributed by atoms with E-state index < -0.39 is 0 Å². The molecule has 5 nitrogen and oxygen atoms in total. The molecule has 0 fully saturated rings. The van der Waals surface area contributed by atoms with Crippen molar-refractivity contribution in [1.82, 2.24) is 10.1 Å². The van der Waals surface area contributed by atoms with Crippen LogP contribution in [0.5, 0.6) is 0 Å². The van der Waals surface area contributed by atoms with E-state index in [9.17, 15) is 4.79 Å². The fourth-order valence-electron chi connectivity index (χ4n) is 1.77. The monoisotopic (exact) mass is 255 g/mol. The van der Waals surface area contributed by atoms with Gasteiger partial charge >= 0.3 is 0 Å². The van der Waals surface area contributed by atoms with Crippen molar-refractivity contribution in [3.05, 3.63) is 53.4 Å². The first kappa shape index (κ1) is 12.8. The molecule has 1 aromatic carbocycles. The lowest BCUT2D eigenvalue weighted by Gasteiger charge is -2.23. The summed E-state index contributed by atoms with van der Waals surface area (Å²) in [6.07, 6.45) is 1.47. The number of carbonyl (C=O) groups excluding carboxylic acids is 1. The molecule has 0 saturated heterocycles. The Bertz CT molecular complexity index is 614. The van der Waals surface area contributed by atoms with E-state index in [1.807, 2.05) is 13.0 Å². The van der Waals surface area contributed by atoms with Crippen LogP contribution in [0.25, 0.3) is 0 Å². The van der Waals surface area contributed by atoms with Crippen LogP contribution in [-0.2, 0) is 0 Å². The maximum Gasteiger partial charge on any atom is 0.255 e. The lowest BCUT2D eigenvalue weighted by atomic mass is 10.1. The molecule has 0 unspecified atom stereocenters. The number of hydrogen-bond donors (Lipinski definition) is 0. The van der Waals surface area contributed by atoms with E-state index in [0.717, 1.165) is 0 Å². The van der Waals surface area contributed by atoms with Crippen molar-refractivity contribution in [3.8, 4) is 6.07 Å². The number of nitrogens with zero attached hydrogens (tertiary/aromatic N) is 3. The summed E-state index contributed by atoms with van der Waals surface area (Å²) in [6.45, 7) is 1.85. The predicted molar refractivity (Wildman–Crippen MR) is 68.2 cm³/mol. The zero-order chi connectivity index (χ0) is 13.8. The van der Waals surface area contributed by atoms with E-state index in [1.165, 1.54) is 11.2 Å². The number of rotatable bonds is 3. The molecule has 1 heterocycles. The second-order valence-electron chi connectivity index (χ2n) is 4.17. The Balaban J connectivity index is 2.27. The summed E-state index contributed by atoms with van der Waals surface area (Å²) in [5.41, 5.74) is 1.43. The van der Waals surface area contributed by atoms with E-state index >= 15 is 0 Å². The Morgan fingerprint density at radius 2 is 2.16 bits per heavy atom. The molecule has 0 radical (unpaired) electrons. The van der Waals surface area contributed by atoms with E-state index in [0.29, 0.717) is 16.8 Å². The van der Waals surface area contributed by atoms with Crippen LogP contribution >= 0.6 is 0 Å². The molecule has 0 aliphatic heterocycles. The highest BCUT2D eigenvalue weighted by Crippen LogP contribution is 2.20. The Morgan fingerprint density at radius 3 is 2.79 bits per heavy atom. The van der Waals surface area contributed by atoms with Gasteiger partial charge in [-0.3, -0.25) is 4.79 Å². The molecule has 0 aliphatic carbocycles. The first-order valence-corrected chi connectivity index (χ1v) is 5.81. The third-order valence-electron chi connectivity index (χ3n) is 3.07. The summed E-state index contributed by atoms with van der Waals surface area (Å²) in [6, 6.07) is 10.3. The third-order valence-corrected chi connectivity index (χ3v) is 3.07. The van der Waals surface area contributed by atoms with Gasteiger partial charge in [0.05, 0.1) is 23.2 Å². The molecular weight excluding hydrogens is 242 g/mol. The van der Waals surface area contributed by atoms with Gasteiger partial charge in [-0.1, -0.05) is 17.3 Å². The average Bonchev–Trinajstić information content (AvgIpc) is 2.99. The zero-order valence-corrected chi connectivity index (χ0v) is 10.7. The third kappa shape index (κ3) is 2.47. The molecule has 1 amide bonds. The Morgan fingerprint density at radius 1 is 1.42 bits per heavy atom. The van der Waals surface area contributed by atoms with Gasteiger partial charge < -0.3 is 9.42 Å². The van der Waals surface area contributed by atoms with Gasteiger partial charge in [-0.05, 0) is 19.1 Å². The van der Waals surface area contributed by atoms with Gasteiger partial charge in [0, 0.05) is 13.1 Å². The SMILES string of the molecule is C[C@@H](c1ccon1)N(C)C(=O)c1ccccc1C#N. The van der Waals surface area contributed by atoms with Crippen LogP contribution in [0.15, 0.2) is 41.1 Å². The van der Waals surface area contributed by atoms with E-state index in [1.54, 1.807) is 37.4 Å². The summed E-state index contributed by atoms with van der Waals surface area (Å²) in [5.74, 6) is -0.215. The van der Waals surface area contributed by atoms with Crippen molar-refractivity contribution in [2.24, 2.45) is 0 Å². The lowest BCUT2D eigenvalue weighted by Crippen LogP contribution is -2.30. The summed E-state index contributed by atoms with van der Waals surface area (Å²) in [7, 11) is 1.68. The van der Waals surface area contributed by atoms with Crippen molar-refractivity contribution >= 4 is 5.91 Å². The second-order valence-corrected chi connectivity index (χ2v) is 4.17. The number of amides is 1. The zero-order valence-electron chi connectivity index (χ0n) is 10.7. The Hall–Kier alpha value is -2.61. The largest absolute Gasteiger partial charge is 0.364 e. The average molecular weight is 255 g/mol. The normalized spacial score (nSPS) is 11.6. The summed E-state index contributed by atoms with van der Waals surface area (Å²) >= 11 is 0. The van der Waals surface area contributed by atoms with Gasteiger partial charge in [-0.25, -0.2) is 0 Å². The standard InChI is InChI=1S/C14H13N3O2/c1-10(13-7-8-19-16-13)17(2)14(18)12-6-4-3-5-11(12)9-15/h3-8,10H,1-2H3/t10-/m0/s1. The summed E-state index contributed by atoms with van der Waals surface area (Å²) in [5, 5.41) is 12.8. The molecular formula is C14H13N3O2. The van der Waals surface area contributed by atoms with Crippen LogP contribution in [0.2, 0.25) is 0 Å². The molecule has 1 atom stereocenters. The number of nitriles is 1. The van der Waals surface area contributed by atoms with Crippen molar-refractivity contribution in [2.75, 3.05) is 7.05 Å². The van der Waals surface area contributed by atoms with Crippen molar-refractivity contribution in [3.63, 3.8) is 0 Å². The topological polar surface area (TPSA) is 70.1 Å². The first-order valence-electron chi connectivity index (χ1n) is 5.81. The highest BCUT2D eigenvalue weighted by molar-refractivity contribution is 5.96. The van der Waals surface area contributed by atoms with Crippen LogP contribution in [-0.4, -0.2) is 23.0 Å². The van der Waals surface area contributed by atoms with Crippen LogP contribution in [0.4, 0.5) is 0 Å². The van der Waals surface area contributed by atoms with E-state index in [-0.39, 0.29) is 11.9 Å². The number of carbonyl (C=O) groups is 1. The molecule has 19 heavy (non-hydrogen) atoms. The van der Waals surface area contributed by atoms with Gasteiger partial charge in [-0.2, -0.15) is 5.26 Å². The number of hydrogen-bond acceptors (Lipinski definition) is 4. The fraction of sp³-hybridized carbons (Fsp3) is 0.214. The molecule has 1 aromatic heterocycles. The minimum Gasteiger partial charge on any atom is -0.364 e. The van der Waals surface area contributed by atoms with Crippen LogP contribution in [0.1, 0.15) is 34.6 Å². The predicted octanol–water partition coefficient (Wildman–Crippen LogP) is 2.38. The van der Waals surface area contributed by atoms with Gasteiger partial charge in [0.1, 0.15) is 12.0 Å². The highest BCUT2D eigenvalue weighted by atomic mass is 16.5. The number of aromatic nitrogens is 1. The number of benzene rings is 1. The molecule has 0 saturated carbocycles. The smallest absolute Gasteiger partial charge is 0.255 e. The molecule has 96 valence electrons. The van der Waals surface area contributed by atoms with Gasteiger partial charge in [0.25, 0.3) is 5.91 Å². The van der Waals surface area contributed by atoms with Gasteiger partial charge in [0.2, 0.25) is 0 Å². The molecule has 0 bridgehead atoms. The van der Waals surface area contributed by atoms with Crippen LogP contribution in [0, 0.1) is 11.3 Å². The molecule has 0 aliphatic rings. The Labute approximate surface area is 111 Å². The Kier molecular flexibility index (Phi) is 3.62. The summed E-state index contributed by atoms with van der Waals surface area (Å²) in [4.78, 5) is 13.9. The molecule has 0 N–H and O–H groups in total. The lowest BCUT2D eigenvalue weighted by molar-refractivity contribution is 0.0737.